The second-order valence-corrected chi connectivity index (χ2v) is 7.79. The second-order valence-electron chi connectivity index (χ2n) is 7.79. The zero-order valence-electron chi connectivity index (χ0n) is 16.6. The highest BCUT2D eigenvalue weighted by Gasteiger charge is 2.21. The van der Waals surface area contributed by atoms with Gasteiger partial charge in [-0.15, -0.1) is 0 Å². The first-order chi connectivity index (χ1) is 14.6. The molecule has 30 heavy (non-hydrogen) atoms. The third-order valence-corrected chi connectivity index (χ3v) is 5.87. The van der Waals surface area contributed by atoms with Gasteiger partial charge in [-0.05, 0) is 72.9 Å². The van der Waals surface area contributed by atoms with Crippen LogP contribution < -0.4 is 10.9 Å². The number of H-pyrrole nitrogens is 1. The first kappa shape index (κ1) is 18.2. The van der Waals surface area contributed by atoms with Crippen LogP contribution in [0.4, 0.5) is 5.69 Å². The number of rotatable bonds is 3. The Kier molecular flexibility index (Phi) is 4.36. The molecular formula is C24H21N5O. The molecule has 2 N–H and O–H groups in total. The number of fused-ring (bicyclic) bond motifs is 2. The van der Waals surface area contributed by atoms with Gasteiger partial charge in [-0.2, -0.15) is 10.4 Å². The molecule has 0 bridgehead atoms. The highest BCUT2D eigenvalue weighted by atomic mass is 16.1. The molecule has 1 atom stereocenters. The van der Waals surface area contributed by atoms with E-state index in [-0.39, 0.29) is 11.6 Å². The van der Waals surface area contributed by atoms with E-state index in [0.29, 0.717) is 16.8 Å². The Balaban J connectivity index is 1.52. The van der Waals surface area contributed by atoms with Crippen LogP contribution in [0, 0.1) is 11.3 Å². The summed E-state index contributed by atoms with van der Waals surface area (Å²) in [6, 6.07) is 18.1. The summed E-state index contributed by atoms with van der Waals surface area (Å²) < 4.78 is 1.56. The van der Waals surface area contributed by atoms with Crippen molar-refractivity contribution in [1.82, 2.24) is 14.8 Å². The van der Waals surface area contributed by atoms with E-state index in [1.807, 2.05) is 36.4 Å². The van der Waals surface area contributed by atoms with Crippen molar-refractivity contribution in [2.24, 2.45) is 7.05 Å². The smallest absolute Gasteiger partial charge is 0.259 e. The number of hydrogen-bond donors (Lipinski definition) is 2. The molecule has 0 fully saturated rings. The van der Waals surface area contributed by atoms with Crippen LogP contribution in [0.1, 0.15) is 35.6 Å². The van der Waals surface area contributed by atoms with Crippen molar-refractivity contribution >= 4 is 16.6 Å². The lowest BCUT2D eigenvalue weighted by atomic mass is 9.86. The van der Waals surface area contributed by atoms with E-state index >= 15 is 0 Å². The summed E-state index contributed by atoms with van der Waals surface area (Å²) in [7, 11) is 1.74. The molecule has 1 aliphatic rings. The zero-order chi connectivity index (χ0) is 20.7. The number of nitriles is 1. The summed E-state index contributed by atoms with van der Waals surface area (Å²) in [5.74, 6) is 0. The first-order valence-corrected chi connectivity index (χ1v) is 10.1. The monoisotopic (exact) mass is 395 g/mol. The third-order valence-electron chi connectivity index (χ3n) is 5.87. The normalized spacial score (nSPS) is 15.5. The largest absolute Gasteiger partial charge is 0.378 e. The van der Waals surface area contributed by atoms with Crippen LogP contribution in [0.2, 0.25) is 0 Å². The average Bonchev–Trinajstić information content (AvgIpc) is 3.18. The van der Waals surface area contributed by atoms with Crippen molar-refractivity contribution in [1.29, 1.82) is 5.26 Å². The van der Waals surface area contributed by atoms with Crippen LogP contribution in [0.25, 0.3) is 22.2 Å². The lowest BCUT2D eigenvalue weighted by Crippen LogP contribution is -2.18. The van der Waals surface area contributed by atoms with Crippen LogP contribution in [0.3, 0.4) is 0 Å². The van der Waals surface area contributed by atoms with Gasteiger partial charge in [0.25, 0.3) is 5.56 Å². The summed E-state index contributed by atoms with van der Waals surface area (Å²) in [5, 5.41) is 21.2. The van der Waals surface area contributed by atoms with E-state index < -0.39 is 0 Å². The summed E-state index contributed by atoms with van der Waals surface area (Å²) in [4.78, 5) is 12.6. The topological polar surface area (TPSA) is 86.5 Å². The molecule has 2 aromatic heterocycles. The lowest BCUT2D eigenvalue weighted by molar-refractivity contribution is 0.600. The van der Waals surface area contributed by atoms with Crippen LogP contribution in [-0.4, -0.2) is 14.8 Å². The van der Waals surface area contributed by atoms with Gasteiger partial charge in [0.2, 0.25) is 0 Å². The molecule has 0 aliphatic heterocycles. The summed E-state index contributed by atoms with van der Waals surface area (Å²) in [5.41, 5.74) is 6.26. The van der Waals surface area contributed by atoms with Gasteiger partial charge in [0.15, 0.2) is 0 Å². The van der Waals surface area contributed by atoms with Gasteiger partial charge in [-0.25, -0.2) is 0 Å². The van der Waals surface area contributed by atoms with Gasteiger partial charge in [0.05, 0.1) is 28.8 Å². The van der Waals surface area contributed by atoms with E-state index in [2.05, 4.69) is 33.7 Å². The van der Waals surface area contributed by atoms with E-state index in [4.69, 9.17) is 0 Å². The van der Waals surface area contributed by atoms with Gasteiger partial charge in [-0.3, -0.25) is 9.89 Å². The minimum atomic E-state index is -0.0706. The fraction of sp³-hybridized carbons (Fsp3) is 0.208. The molecule has 2 aromatic carbocycles. The fourth-order valence-electron chi connectivity index (χ4n) is 4.32. The minimum absolute atomic E-state index is 0.0706. The van der Waals surface area contributed by atoms with E-state index in [1.54, 1.807) is 17.8 Å². The Bertz CT molecular complexity index is 1360. The summed E-state index contributed by atoms with van der Waals surface area (Å²) >= 11 is 0. The number of aryl methyl sites for hydroxylation is 2. The maximum absolute atomic E-state index is 12.6. The summed E-state index contributed by atoms with van der Waals surface area (Å²) in [6.45, 7) is 0. The van der Waals surface area contributed by atoms with Crippen molar-refractivity contribution in [3.05, 3.63) is 81.8 Å². The van der Waals surface area contributed by atoms with Crippen LogP contribution in [0.5, 0.6) is 0 Å². The van der Waals surface area contributed by atoms with Crippen LogP contribution in [0.15, 0.2) is 59.5 Å². The number of anilines is 1. The molecule has 5 rings (SSSR count). The number of nitrogens with one attached hydrogen (secondary N) is 2. The van der Waals surface area contributed by atoms with E-state index in [9.17, 15) is 10.1 Å². The quantitative estimate of drug-likeness (QED) is 0.542. The Morgan fingerprint density at radius 2 is 2.13 bits per heavy atom. The number of aromatic amines is 1. The van der Waals surface area contributed by atoms with Crippen LogP contribution in [-0.2, 0) is 13.5 Å². The molecule has 6 heteroatoms. The maximum atomic E-state index is 12.6. The Morgan fingerprint density at radius 3 is 3.00 bits per heavy atom. The Hall–Kier alpha value is -3.85. The van der Waals surface area contributed by atoms with Gasteiger partial charge in [0.1, 0.15) is 5.69 Å². The van der Waals surface area contributed by atoms with Crippen molar-refractivity contribution in [3.63, 3.8) is 0 Å². The lowest BCUT2D eigenvalue weighted by Gasteiger charge is -2.27. The molecule has 0 amide bonds. The highest BCUT2D eigenvalue weighted by Crippen LogP contribution is 2.34. The van der Waals surface area contributed by atoms with Crippen molar-refractivity contribution in [3.8, 4) is 17.3 Å². The summed E-state index contributed by atoms with van der Waals surface area (Å²) in [6.07, 6.45) is 4.87. The number of benzene rings is 2. The predicted molar refractivity (Wildman–Crippen MR) is 117 cm³/mol. The molecule has 4 aromatic rings. The maximum Gasteiger partial charge on any atom is 0.259 e. The number of aromatic nitrogens is 3. The van der Waals surface area contributed by atoms with Gasteiger partial charge >= 0.3 is 0 Å². The van der Waals surface area contributed by atoms with Crippen molar-refractivity contribution < 1.29 is 0 Å². The zero-order valence-corrected chi connectivity index (χ0v) is 16.6. The average molecular weight is 395 g/mol. The third kappa shape index (κ3) is 3.05. The molecule has 0 saturated heterocycles. The van der Waals surface area contributed by atoms with Crippen molar-refractivity contribution in [2.45, 2.75) is 25.3 Å². The fourth-order valence-corrected chi connectivity index (χ4v) is 4.32. The Labute approximate surface area is 173 Å². The number of nitrogens with zero attached hydrogens (tertiary/aromatic N) is 3. The molecule has 1 aliphatic carbocycles. The number of pyridine rings is 1. The van der Waals surface area contributed by atoms with E-state index in [0.717, 1.165) is 35.9 Å². The van der Waals surface area contributed by atoms with Crippen molar-refractivity contribution in [2.75, 3.05) is 5.32 Å². The molecule has 0 saturated carbocycles. The highest BCUT2D eigenvalue weighted by molar-refractivity contribution is 5.94. The molecule has 2 heterocycles. The molecular weight excluding hydrogens is 374 g/mol. The molecule has 0 spiro atoms. The standard InChI is InChI=1S/C24H21N5O/c1-29-11-3-5-19(24(29)30)23-20-13-17(8-10-22(20)27-28-23)26-21-6-2-4-16-12-15(14-25)7-9-18(16)21/h3,5,7-13,21,26H,2,4,6H2,1H3,(H,27,28). The molecule has 1 unspecified atom stereocenters. The van der Waals surface area contributed by atoms with Gasteiger partial charge in [0, 0.05) is 24.3 Å². The van der Waals surface area contributed by atoms with Gasteiger partial charge < -0.3 is 9.88 Å². The van der Waals surface area contributed by atoms with Crippen LogP contribution >= 0.6 is 0 Å². The second kappa shape index (κ2) is 7.20. The SMILES string of the molecule is Cn1cccc(-c2n[nH]c3ccc(NC4CCCc5cc(C#N)ccc54)cc23)c1=O. The Morgan fingerprint density at radius 1 is 1.23 bits per heavy atom. The first-order valence-electron chi connectivity index (χ1n) is 10.1. The molecule has 6 nitrogen and oxygen atoms in total. The number of hydrogen-bond acceptors (Lipinski definition) is 4. The minimum Gasteiger partial charge on any atom is -0.378 e. The predicted octanol–water partition coefficient (Wildman–Crippen LogP) is 4.29. The van der Waals surface area contributed by atoms with E-state index in [1.165, 1.54) is 11.1 Å². The molecule has 0 radical (unpaired) electrons. The van der Waals surface area contributed by atoms with Gasteiger partial charge in [-0.1, -0.05) is 6.07 Å². The molecule has 148 valence electrons.